The van der Waals surface area contributed by atoms with Gasteiger partial charge in [-0.15, -0.1) is 0 Å². The molecule has 1 fully saturated rings. The zero-order valence-electron chi connectivity index (χ0n) is 9.68. The molecule has 96 valence electrons. The number of carbonyl (C=O) groups excluding carboxylic acids is 2. The second-order valence-electron chi connectivity index (χ2n) is 4.04. The van der Waals surface area contributed by atoms with Crippen molar-refractivity contribution in [2.45, 2.75) is 6.42 Å². The second-order valence-corrected chi connectivity index (χ2v) is 4.45. The van der Waals surface area contributed by atoms with E-state index in [9.17, 15) is 14.7 Å². The number of benzene rings is 1. The average Bonchev–Trinajstić information content (AvgIpc) is 2.71. The van der Waals surface area contributed by atoms with Crippen LogP contribution in [0.15, 0.2) is 18.2 Å². The Balaban J connectivity index is 2.24. The molecule has 18 heavy (non-hydrogen) atoms. The zero-order valence-corrected chi connectivity index (χ0v) is 10.4. The SMILES string of the molecule is COc1ccc(N2C[C@H](C(=O)[O-])CC2=O)cc1Cl. The van der Waals surface area contributed by atoms with E-state index in [1.54, 1.807) is 18.2 Å². The maximum Gasteiger partial charge on any atom is 0.227 e. The number of carboxylic acid groups (broad SMARTS) is 1. The number of rotatable bonds is 3. The Morgan fingerprint density at radius 1 is 1.56 bits per heavy atom. The maximum atomic E-state index is 11.7. The summed E-state index contributed by atoms with van der Waals surface area (Å²) in [5.41, 5.74) is 0.564. The Labute approximate surface area is 109 Å². The highest BCUT2D eigenvalue weighted by atomic mass is 35.5. The third-order valence-corrected chi connectivity index (χ3v) is 3.20. The van der Waals surface area contributed by atoms with E-state index in [1.807, 2.05) is 0 Å². The summed E-state index contributed by atoms with van der Waals surface area (Å²) in [6.07, 6.45) is -0.0357. The highest BCUT2D eigenvalue weighted by Crippen LogP contribution is 2.32. The highest BCUT2D eigenvalue weighted by Gasteiger charge is 2.31. The summed E-state index contributed by atoms with van der Waals surface area (Å²) in [6, 6.07) is 4.88. The first kappa shape index (κ1) is 12.7. The lowest BCUT2D eigenvalue weighted by Gasteiger charge is -2.18. The Kier molecular flexibility index (Phi) is 3.43. The Bertz CT molecular complexity index is 503. The minimum atomic E-state index is -1.20. The van der Waals surface area contributed by atoms with Crippen molar-refractivity contribution in [1.29, 1.82) is 0 Å². The molecule has 1 heterocycles. The predicted octanol–water partition coefficient (Wildman–Crippen LogP) is 0.451. The van der Waals surface area contributed by atoms with Crippen LogP contribution in [0.2, 0.25) is 5.02 Å². The fourth-order valence-corrected chi connectivity index (χ4v) is 2.19. The van der Waals surface area contributed by atoms with E-state index in [2.05, 4.69) is 0 Å². The largest absolute Gasteiger partial charge is 0.550 e. The van der Waals surface area contributed by atoms with E-state index >= 15 is 0 Å². The van der Waals surface area contributed by atoms with Gasteiger partial charge in [-0.1, -0.05) is 11.6 Å². The van der Waals surface area contributed by atoms with Gasteiger partial charge in [0.1, 0.15) is 5.75 Å². The van der Waals surface area contributed by atoms with Crippen LogP contribution in [0.4, 0.5) is 5.69 Å². The standard InChI is InChI=1S/C12H12ClNO4/c1-18-10-3-2-8(5-9(10)13)14-6-7(12(16)17)4-11(14)15/h2-3,5,7H,4,6H2,1H3,(H,16,17)/p-1/t7-/m1/s1. The number of anilines is 1. The number of ether oxygens (including phenoxy) is 1. The number of hydrogen-bond acceptors (Lipinski definition) is 4. The van der Waals surface area contributed by atoms with Crippen molar-refractivity contribution in [3.63, 3.8) is 0 Å². The number of carboxylic acids is 1. The topological polar surface area (TPSA) is 69.7 Å². The number of aliphatic carboxylic acids is 1. The van der Waals surface area contributed by atoms with E-state index in [4.69, 9.17) is 16.3 Å². The van der Waals surface area contributed by atoms with Gasteiger partial charge in [0, 0.05) is 30.5 Å². The maximum absolute atomic E-state index is 11.7. The number of carbonyl (C=O) groups is 2. The van der Waals surface area contributed by atoms with E-state index in [0.29, 0.717) is 16.5 Å². The minimum Gasteiger partial charge on any atom is -0.550 e. The average molecular weight is 269 g/mol. The molecule has 0 bridgehead atoms. The van der Waals surface area contributed by atoms with Crippen molar-refractivity contribution >= 4 is 29.2 Å². The minimum absolute atomic E-state index is 0.0357. The number of hydrogen-bond donors (Lipinski definition) is 0. The summed E-state index contributed by atoms with van der Waals surface area (Å²) in [5, 5.41) is 11.1. The van der Waals surface area contributed by atoms with Crippen LogP contribution in [0.3, 0.4) is 0 Å². The summed E-state index contributed by atoms with van der Waals surface area (Å²) in [7, 11) is 1.49. The van der Waals surface area contributed by atoms with Crippen LogP contribution in [-0.2, 0) is 9.59 Å². The van der Waals surface area contributed by atoms with Gasteiger partial charge < -0.3 is 19.5 Å². The first-order valence-electron chi connectivity index (χ1n) is 5.37. The van der Waals surface area contributed by atoms with Crippen LogP contribution in [-0.4, -0.2) is 25.5 Å². The van der Waals surface area contributed by atoms with Crippen molar-refractivity contribution in [2.75, 3.05) is 18.6 Å². The van der Waals surface area contributed by atoms with Gasteiger partial charge in [-0.2, -0.15) is 0 Å². The first-order valence-corrected chi connectivity index (χ1v) is 5.75. The Morgan fingerprint density at radius 3 is 2.78 bits per heavy atom. The van der Waals surface area contributed by atoms with Gasteiger partial charge in [-0.3, -0.25) is 4.79 Å². The first-order chi connectivity index (χ1) is 8.52. The molecule has 1 atom stereocenters. The normalized spacial score (nSPS) is 19.1. The lowest BCUT2D eigenvalue weighted by Crippen LogP contribution is -2.33. The molecule has 0 N–H and O–H groups in total. The third kappa shape index (κ3) is 2.26. The quantitative estimate of drug-likeness (QED) is 0.798. The van der Waals surface area contributed by atoms with Crippen LogP contribution in [0, 0.1) is 5.92 Å². The highest BCUT2D eigenvalue weighted by molar-refractivity contribution is 6.32. The smallest absolute Gasteiger partial charge is 0.227 e. The zero-order chi connectivity index (χ0) is 13.3. The summed E-state index contributed by atoms with van der Waals surface area (Å²) in [4.78, 5) is 23.9. The molecule has 0 radical (unpaired) electrons. The summed E-state index contributed by atoms with van der Waals surface area (Å²) >= 11 is 5.96. The molecule has 0 aliphatic carbocycles. The molecule has 0 saturated carbocycles. The predicted molar refractivity (Wildman–Crippen MR) is 63.5 cm³/mol. The van der Waals surface area contributed by atoms with Crippen molar-refractivity contribution in [3.8, 4) is 5.75 Å². The van der Waals surface area contributed by atoms with Crippen molar-refractivity contribution in [3.05, 3.63) is 23.2 Å². The molecule has 5 nitrogen and oxygen atoms in total. The second kappa shape index (κ2) is 4.86. The van der Waals surface area contributed by atoms with Gasteiger partial charge in [0.25, 0.3) is 0 Å². The van der Waals surface area contributed by atoms with Crippen LogP contribution in [0.5, 0.6) is 5.75 Å². The molecule has 2 rings (SSSR count). The van der Waals surface area contributed by atoms with Crippen LogP contribution in [0.1, 0.15) is 6.42 Å². The summed E-state index contributed by atoms with van der Waals surface area (Å²) < 4.78 is 5.01. The number of halogens is 1. The molecule has 0 spiro atoms. The molecule has 0 aromatic heterocycles. The lowest BCUT2D eigenvalue weighted by molar-refractivity contribution is -0.310. The molecule has 6 heteroatoms. The molecule has 1 saturated heterocycles. The molecule has 1 aliphatic heterocycles. The number of nitrogens with zero attached hydrogens (tertiary/aromatic N) is 1. The van der Waals surface area contributed by atoms with E-state index in [1.165, 1.54) is 12.0 Å². The summed E-state index contributed by atoms with van der Waals surface area (Å²) in [6.45, 7) is 0.115. The number of methoxy groups -OCH3 is 1. The van der Waals surface area contributed by atoms with Gasteiger partial charge in [0.05, 0.1) is 12.1 Å². The van der Waals surface area contributed by atoms with Gasteiger partial charge in [-0.25, -0.2) is 0 Å². The van der Waals surface area contributed by atoms with E-state index < -0.39 is 11.9 Å². The number of amides is 1. The van der Waals surface area contributed by atoms with Gasteiger partial charge >= 0.3 is 0 Å². The van der Waals surface area contributed by atoms with Crippen LogP contribution in [0.25, 0.3) is 0 Å². The van der Waals surface area contributed by atoms with Crippen LogP contribution >= 0.6 is 11.6 Å². The van der Waals surface area contributed by atoms with E-state index in [0.717, 1.165) is 0 Å². The fourth-order valence-electron chi connectivity index (χ4n) is 1.94. The van der Waals surface area contributed by atoms with Crippen molar-refractivity contribution in [1.82, 2.24) is 0 Å². The monoisotopic (exact) mass is 268 g/mol. The molecule has 1 aromatic rings. The molecular weight excluding hydrogens is 258 g/mol. The summed E-state index contributed by atoms with van der Waals surface area (Å²) in [5.74, 6) is -1.71. The molecule has 1 aliphatic rings. The van der Waals surface area contributed by atoms with Gasteiger partial charge in [-0.05, 0) is 18.2 Å². The fraction of sp³-hybridized carbons (Fsp3) is 0.333. The Morgan fingerprint density at radius 2 is 2.28 bits per heavy atom. The van der Waals surface area contributed by atoms with E-state index in [-0.39, 0.29) is 18.9 Å². The van der Waals surface area contributed by atoms with Crippen molar-refractivity contribution < 1.29 is 19.4 Å². The Hall–Kier alpha value is -1.75. The van der Waals surface area contributed by atoms with Gasteiger partial charge in [0.15, 0.2) is 0 Å². The van der Waals surface area contributed by atoms with Crippen molar-refractivity contribution in [2.24, 2.45) is 5.92 Å². The molecule has 1 amide bonds. The van der Waals surface area contributed by atoms with Gasteiger partial charge in [0.2, 0.25) is 5.91 Å². The molecular formula is C12H11ClNO4-. The molecule has 1 aromatic carbocycles. The lowest BCUT2D eigenvalue weighted by atomic mass is 10.1. The molecule has 0 unspecified atom stereocenters. The third-order valence-electron chi connectivity index (χ3n) is 2.91. The van der Waals surface area contributed by atoms with Crippen LogP contribution < -0.4 is 14.7 Å².